The summed E-state index contributed by atoms with van der Waals surface area (Å²) in [5, 5.41) is 13.5. The smallest absolute Gasteiger partial charge is 0.311 e. The van der Waals surface area contributed by atoms with Crippen LogP contribution in [-0.2, 0) is 9.53 Å². The third-order valence-corrected chi connectivity index (χ3v) is 3.86. The Kier molecular flexibility index (Phi) is 3.82. The van der Waals surface area contributed by atoms with Crippen molar-refractivity contribution >= 4 is 5.97 Å². The van der Waals surface area contributed by atoms with Crippen LogP contribution < -0.4 is 5.32 Å². The maximum Gasteiger partial charge on any atom is 0.311 e. The molecule has 2 fully saturated rings. The summed E-state index contributed by atoms with van der Waals surface area (Å²) < 4.78 is 5.00. The van der Waals surface area contributed by atoms with E-state index in [9.17, 15) is 9.90 Å². The monoisotopic (exact) mass is 227 g/mol. The molecule has 4 nitrogen and oxygen atoms in total. The number of rotatable bonds is 2. The number of esters is 1. The van der Waals surface area contributed by atoms with Crippen molar-refractivity contribution in [3.8, 4) is 0 Å². The Morgan fingerprint density at radius 1 is 1.44 bits per heavy atom. The molecule has 16 heavy (non-hydrogen) atoms. The van der Waals surface area contributed by atoms with E-state index in [0.29, 0.717) is 12.5 Å². The van der Waals surface area contributed by atoms with Crippen molar-refractivity contribution in [1.29, 1.82) is 0 Å². The van der Waals surface area contributed by atoms with Gasteiger partial charge in [-0.2, -0.15) is 0 Å². The molecule has 4 unspecified atom stereocenters. The molecule has 4 atom stereocenters. The third-order valence-electron chi connectivity index (χ3n) is 3.86. The summed E-state index contributed by atoms with van der Waals surface area (Å²) in [6, 6.07) is 0.0944. The first-order chi connectivity index (χ1) is 7.74. The summed E-state index contributed by atoms with van der Waals surface area (Å²) in [6.45, 7) is 3.14. The van der Waals surface area contributed by atoms with Gasteiger partial charge in [-0.05, 0) is 45.1 Å². The quantitative estimate of drug-likeness (QED) is 0.681. The van der Waals surface area contributed by atoms with Gasteiger partial charge in [-0.1, -0.05) is 0 Å². The molecule has 0 spiro atoms. The van der Waals surface area contributed by atoms with Crippen LogP contribution in [0.3, 0.4) is 0 Å². The van der Waals surface area contributed by atoms with Crippen molar-refractivity contribution in [3.63, 3.8) is 0 Å². The highest BCUT2D eigenvalue weighted by molar-refractivity contribution is 5.73. The highest BCUT2D eigenvalue weighted by Crippen LogP contribution is 2.34. The lowest BCUT2D eigenvalue weighted by Crippen LogP contribution is -2.56. The SMILES string of the molecule is CCOC(=O)C1CCC2CCCNC2C1O. The second-order valence-corrected chi connectivity index (χ2v) is 4.81. The van der Waals surface area contributed by atoms with Crippen LogP contribution in [0, 0.1) is 11.8 Å². The maximum absolute atomic E-state index is 11.7. The van der Waals surface area contributed by atoms with Gasteiger partial charge in [0.25, 0.3) is 0 Å². The molecule has 1 aliphatic heterocycles. The minimum Gasteiger partial charge on any atom is -0.466 e. The Hall–Kier alpha value is -0.610. The second kappa shape index (κ2) is 5.15. The molecule has 2 aliphatic rings. The third kappa shape index (κ3) is 2.23. The van der Waals surface area contributed by atoms with Crippen LogP contribution in [-0.4, -0.2) is 36.4 Å². The van der Waals surface area contributed by atoms with Gasteiger partial charge >= 0.3 is 5.97 Å². The van der Waals surface area contributed by atoms with Crippen molar-refractivity contribution in [2.24, 2.45) is 11.8 Å². The highest BCUT2D eigenvalue weighted by atomic mass is 16.5. The van der Waals surface area contributed by atoms with E-state index in [1.807, 2.05) is 0 Å². The summed E-state index contributed by atoms with van der Waals surface area (Å²) >= 11 is 0. The zero-order valence-corrected chi connectivity index (χ0v) is 9.82. The van der Waals surface area contributed by atoms with Crippen molar-refractivity contribution in [2.75, 3.05) is 13.2 Å². The lowest BCUT2D eigenvalue weighted by atomic mass is 9.73. The van der Waals surface area contributed by atoms with Crippen molar-refractivity contribution < 1.29 is 14.6 Å². The zero-order valence-electron chi connectivity index (χ0n) is 9.82. The van der Waals surface area contributed by atoms with E-state index < -0.39 is 6.10 Å². The number of ether oxygens (including phenoxy) is 1. The summed E-state index contributed by atoms with van der Waals surface area (Å²) in [7, 11) is 0. The molecule has 2 rings (SSSR count). The summed E-state index contributed by atoms with van der Waals surface area (Å²) in [5.41, 5.74) is 0. The van der Waals surface area contributed by atoms with E-state index in [0.717, 1.165) is 19.4 Å². The molecule has 0 amide bonds. The average Bonchev–Trinajstić information content (AvgIpc) is 2.30. The Morgan fingerprint density at radius 3 is 3.00 bits per heavy atom. The first kappa shape index (κ1) is 11.9. The summed E-state index contributed by atoms with van der Waals surface area (Å²) in [4.78, 5) is 11.7. The Labute approximate surface area is 96.4 Å². The molecule has 1 aliphatic carbocycles. The van der Waals surface area contributed by atoms with Crippen LogP contribution in [0.2, 0.25) is 0 Å². The number of piperidine rings is 1. The second-order valence-electron chi connectivity index (χ2n) is 4.81. The first-order valence-electron chi connectivity index (χ1n) is 6.32. The largest absolute Gasteiger partial charge is 0.466 e. The van der Waals surface area contributed by atoms with E-state index in [1.54, 1.807) is 6.92 Å². The molecule has 0 bridgehead atoms. The van der Waals surface area contributed by atoms with Crippen LogP contribution in [0.5, 0.6) is 0 Å². The fraction of sp³-hybridized carbons (Fsp3) is 0.917. The number of aliphatic hydroxyl groups is 1. The van der Waals surface area contributed by atoms with Gasteiger partial charge in [-0.15, -0.1) is 0 Å². The van der Waals surface area contributed by atoms with Crippen LogP contribution in [0.15, 0.2) is 0 Å². The molecule has 0 radical (unpaired) electrons. The van der Waals surface area contributed by atoms with Crippen LogP contribution in [0.4, 0.5) is 0 Å². The van der Waals surface area contributed by atoms with Crippen molar-refractivity contribution in [1.82, 2.24) is 5.32 Å². The molecule has 0 aromatic carbocycles. The van der Waals surface area contributed by atoms with Gasteiger partial charge in [-0.3, -0.25) is 4.79 Å². The fourth-order valence-electron chi connectivity index (χ4n) is 3.02. The normalized spacial score (nSPS) is 38.9. The standard InChI is InChI=1S/C12H21NO3/c1-2-16-12(15)9-6-5-8-4-3-7-13-10(8)11(9)14/h8-11,13-14H,2-7H2,1H3. The number of carbonyl (C=O) groups is 1. The van der Waals surface area contributed by atoms with Crippen LogP contribution >= 0.6 is 0 Å². The molecule has 2 N–H and O–H groups in total. The Balaban J connectivity index is 1.99. The van der Waals surface area contributed by atoms with Gasteiger partial charge < -0.3 is 15.2 Å². The van der Waals surface area contributed by atoms with Gasteiger partial charge in [-0.25, -0.2) is 0 Å². The molecular weight excluding hydrogens is 206 g/mol. The Bertz CT molecular complexity index is 257. The van der Waals surface area contributed by atoms with Gasteiger partial charge in [0, 0.05) is 6.04 Å². The minimum absolute atomic E-state index is 0.0944. The van der Waals surface area contributed by atoms with Gasteiger partial charge in [0.1, 0.15) is 0 Å². The minimum atomic E-state index is -0.571. The number of nitrogens with one attached hydrogen (secondary N) is 1. The van der Waals surface area contributed by atoms with E-state index in [-0.39, 0.29) is 17.9 Å². The molecule has 1 saturated carbocycles. The highest BCUT2D eigenvalue weighted by Gasteiger charge is 2.42. The topological polar surface area (TPSA) is 58.6 Å². The lowest BCUT2D eigenvalue weighted by Gasteiger charge is -2.42. The molecular formula is C12H21NO3. The number of hydrogen-bond donors (Lipinski definition) is 2. The molecule has 4 heteroatoms. The van der Waals surface area contributed by atoms with E-state index in [2.05, 4.69) is 5.32 Å². The van der Waals surface area contributed by atoms with Crippen LogP contribution in [0.25, 0.3) is 0 Å². The van der Waals surface area contributed by atoms with Crippen molar-refractivity contribution in [2.45, 2.75) is 44.8 Å². The van der Waals surface area contributed by atoms with Crippen LogP contribution in [0.1, 0.15) is 32.6 Å². The van der Waals surface area contributed by atoms with Gasteiger partial charge in [0.05, 0.1) is 18.6 Å². The van der Waals surface area contributed by atoms with Gasteiger partial charge in [0.15, 0.2) is 0 Å². The number of aliphatic hydroxyl groups excluding tert-OH is 1. The Morgan fingerprint density at radius 2 is 2.25 bits per heavy atom. The predicted molar refractivity (Wildman–Crippen MR) is 59.9 cm³/mol. The molecule has 1 heterocycles. The number of fused-ring (bicyclic) bond motifs is 1. The molecule has 1 saturated heterocycles. The fourth-order valence-corrected chi connectivity index (χ4v) is 3.02. The lowest BCUT2D eigenvalue weighted by molar-refractivity contribution is -0.156. The van der Waals surface area contributed by atoms with E-state index >= 15 is 0 Å². The number of hydrogen-bond acceptors (Lipinski definition) is 4. The van der Waals surface area contributed by atoms with E-state index in [1.165, 1.54) is 12.8 Å². The molecule has 0 aromatic rings. The average molecular weight is 227 g/mol. The summed E-state index contributed by atoms with van der Waals surface area (Å²) in [5.74, 6) is -0.0259. The predicted octanol–water partition coefficient (Wildman–Crippen LogP) is 0.689. The van der Waals surface area contributed by atoms with Gasteiger partial charge in [0.2, 0.25) is 0 Å². The maximum atomic E-state index is 11.7. The van der Waals surface area contributed by atoms with E-state index in [4.69, 9.17) is 4.74 Å². The first-order valence-corrected chi connectivity index (χ1v) is 6.32. The van der Waals surface area contributed by atoms with Crippen molar-refractivity contribution in [3.05, 3.63) is 0 Å². The molecule has 92 valence electrons. The zero-order chi connectivity index (χ0) is 11.5. The number of carbonyl (C=O) groups excluding carboxylic acids is 1. The molecule has 0 aromatic heterocycles. The summed E-state index contributed by atoms with van der Waals surface area (Å²) in [6.07, 6.45) is 3.57.